The number of carbonyl (C=O) groups excluding carboxylic acids is 2. The van der Waals surface area contributed by atoms with Crippen LogP contribution >= 0.6 is 0 Å². The lowest BCUT2D eigenvalue weighted by Gasteiger charge is -2.09. The summed E-state index contributed by atoms with van der Waals surface area (Å²) >= 11 is 0. The Bertz CT molecular complexity index is 1230. The first kappa shape index (κ1) is 23.9. The van der Waals surface area contributed by atoms with Gasteiger partial charge in [-0.3, -0.25) is 4.79 Å². The fraction of sp³-hybridized carbons (Fsp3) is 0.115. The quantitative estimate of drug-likeness (QED) is 0.192. The Morgan fingerprint density at radius 3 is 2.06 bits per heavy atom. The number of rotatable bonds is 9. The molecule has 0 radical (unpaired) electrons. The van der Waals surface area contributed by atoms with E-state index in [-0.39, 0.29) is 19.1 Å². The molecule has 170 valence electrons. The third-order valence-electron chi connectivity index (χ3n) is 4.45. The molecule has 0 saturated carbocycles. The number of nitrogens with zero attached hydrogens (tertiary/aromatic N) is 3. The van der Waals surface area contributed by atoms with Gasteiger partial charge in [-0.2, -0.15) is 15.5 Å². The van der Waals surface area contributed by atoms with E-state index in [1.54, 1.807) is 79.7 Å². The van der Waals surface area contributed by atoms with Crippen molar-refractivity contribution in [2.75, 3.05) is 18.5 Å². The number of hydrogen-bond donors (Lipinski definition) is 1. The molecule has 34 heavy (non-hydrogen) atoms. The molecule has 0 atom stereocenters. The molecule has 0 unspecified atom stereocenters. The number of esters is 1. The highest BCUT2D eigenvalue weighted by Crippen LogP contribution is 2.21. The summed E-state index contributed by atoms with van der Waals surface area (Å²) in [5.74, 6) is -0.174. The molecule has 0 heterocycles. The van der Waals surface area contributed by atoms with Gasteiger partial charge < -0.3 is 14.8 Å². The van der Waals surface area contributed by atoms with Crippen molar-refractivity contribution in [3.63, 3.8) is 0 Å². The summed E-state index contributed by atoms with van der Waals surface area (Å²) < 4.78 is 10.5. The Balaban J connectivity index is 1.49. The van der Waals surface area contributed by atoms with Gasteiger partial charge in [0, 0.05) is 16.8 Å². The highest BCUT2D eigenvalue weighted by molar-refractivity contribution is 6.04. The number of amides is 1. The fourth-order valence-corrected chi connectivity index (χ4v) is 2.65. The first-order valence-electron chi connectivity index (χ1n) is 10.3. The average Bonchev–Trinajstić information content (AvgIpc) is 2.86. The first-order valence-corrected chi connectivity index (χ1v) is 10.3. The van der Waals surface area contributed by atoms with Gasteiger partial charge in [0.15, 0.2) is 0 Å². The maximum atomic E-state index is 12.5. The van der Waals surface area contributed by atoms with E-state index < -0.39 is 5.97 Å². The van der Waals surface area contributed by atoms with Crippen molar-refractivity contribution in [2.45, 2.75) is 6.92 Å². The van der Waals surface area contributed by atoms with Crippen LogP contribution < -0.4 is 10.1 Å². The van der Waals surface area contributed by atoms with Crippen LogP contribution in [-0.4, -0.2) is 25.1 Å². The number of carbonyl (C=O) groups is 2. The highest BCUT2D eigenvalue weighted by Gasteiger charge is 2.07. The monoisotopic (exact) mass is 454 g/mol. The summed E-state index contributed by atoms with van der Waals surface area (Å²) in [6.07, 6.45) is 0. The van der Waals surface area contributed by atoms with Crippen LogP contribution in [-0.2, 0) is 9.53 Å². The number of anilines is 1. The van der Waals surface area contributed by atoms with E-state index >= 15 is 0 Å². The zero-order valence-electron chi connectivity index (χ0n) is 18.5. The van der Waals surface area contributed by atoms with Crippen molar-refractivity contribution in [1.29, 1.82) is 5.26 Å². The summed E-state index contributed by atoms with van der Waals surface area (Å²) in [6, 6.07) is 22.4. The maximum absolute atomic E-state index is 12.5. The largest absolute Gasteiger partial charge is 0.490 e. The standard InChI is InChI=1S/C26H22N4O4/c1-18(2)26(32)34-16-15-33-24-13-5-20(6-14-24)25(31)28-21-9-11-23(12-10-21)30-29-22-7-3-19(17-27)4-8-22/h3-14H,1,15-16H2,2H3,(H,28,31). The summed E-state index contributed by atoms with van der Waals surface area (Å²) in [5, 5.41) is 19.9. The van der Waals surface area contributed by atoms with Crippen LogP contribution in [0.1, 0.15) is 22.8 Å². The molecule has 0 spiro atoms. The van der Waals surface area contributed by atoms with Crippen molar-refractivity contribution in [3.8, 4) is 11.8 Å². The predicted octanol–water partition coefficient (Wildman–Crippen LogP) is 5.72. The molecule has 8 nitrogen and oxygen atoms in total. The zero-order valence-corrected chi connectivity index (χ0v) is 18.5. The van der Waals surface area contributed by atoms with Crippen molar-refractivity contribution in [1.82, 2.24) is 0 Å². The Kier molecular flexibility index (Phi) is 8.25. The Morgan fingerprint density at radius 2 is 1.50 bits per heavy atom. The van der Waals surface area contributed by atoms with E-state index in [4.69, 9.17) is 14.7 Å². The van der Waals surface area contributed by atoms with Gasteiger partial charge in [-0.05, 0) is 79.7 Å². The van der Waals surface area contributed by atoms with Crippen molar-refractivity contribution in [3.05, 3.63) is 96.1 Å². The smallest absolute Gasteiger partial charge is 0.333 e. The summed E-state index contributed by atoms with van der Waals surface area (Å²) in [5.41, 5.74) is 3.22. The van der Waals surface area contributed by atoms with Gasteiger partial charge in [0.2, 0.25) is 0 Å². The molecule has 8 heteroatoms. The molecule has 0 aromatic heterocycles. The molecule has 0 aliphatic rings. The molecule has 0 aliphatic carbocycles. The molecular formula is C26H22N4O4. The highest BCUT2D eigenvalue weighted by atomic mass is 16.6. The Labute approximate surface area is 197 Å². The lowest BCUT2D eigenvalue weighted by atomic mass is 10.2. The minimum absolute atomic E-state index is 0.108. The van der Waals surface area contributed by atoms with Crippen LogP contribution in [0.15, 0.2) is 95.2 Å². The molecule has 0 saturated heterocycles. The van der Waals surface area contributed by atoms with E-state index in [0.717, 1.165) is 0 Å². The zero-order chi connectivity index (χ0) is 24.3. The Hall–Kier alpha value is -4.77. The third kappa shape index (κ3) is 7.14. The molecular weight excluding hydrogens is 432 g/mol. The van der Waals surface area contributed by atoms with Crippen LogP contribution in [0.2, 0.25) is 0 Å². The van der Waals surface area contributed by atoms with E-state index in [1.807, 2.05) is 0 Å². The maximum Gasteiger partial charge on any atom is 0.333 e. The van der Waals surface area contributed by atoms with Gasteiger partial charge in [-0.25, -0.2) is 4.79 Å². The second-order valence-electron chi connectivity index (χ2n) is 7.15. The van der Waals surface area contributed by atoms with E-state index in [0.29, 0.717) is 39.5 Å². The van der Waals surface area contributed by atoms with E-state index in [1.165, 1.54) is 0 Å². The van der Waals surface area contributed by atoms with Crippen LogP contribution in [0.4, 0.5) is 17.1 Å². The molecule has 0 fully saturated rings. The third-order valence-corrected chi connectivity index (χ3v) is 4.45. The number of nitriles is 1. The van der Waals surface area contributed by atoms with Gasteiger partial charge >= 0.3 is 5.97 Å². The topological polar surface area (TPSA) is 113 Å². The van der Waals surface area contributed by atoms with Crippen molar-refractivity contribution < 1.29 is 19.1 Å². The van der Waals surface area contributed by atoms with E-state index in [2.05, 4.69) is 28.2 Å². The van der Waals surface area contributed by atoms with Gasteiger partial charge in [0.25, 0.3) is 5.91 Å². The van der Waals surface area contributed by atoms with Crippen molar-refractivity contribution >= 4 is 28.9 Å². The molecule has 1 amide bonds. The van der Waals surface area contributed by atoms with Gasteiger partial charge in [-0.1, -0.05) is 6.58 Å². The first-order chi connectivity index (χ1) is 16.4. The number of ether oxygens (including phenoxy) is 2. The van der Waals surface area contributed by atoms with Gasteiger partial charge in [0.05, 0.1) is 23.0 Å². The number of nitrogens with one attached hydrogen (secondary N) is 1. The predicted molar refractivity (Wildman–Crippen MR) is 127 cm³/mol. The Morgan fingerprint density at radius 1 is 0.912 bits per heavy atom. The fourth-order valence-electron chi connectivity index (χ4n) is 2.65. The summed E-state index contributed by atoms with van der Waals surface area (Å²) in [4.78, 5) is 23.8. The lowest BCUT2D eigenvalue weighted by molar-refractivity contribution is -0.139. The molecule has 0 bridgehead atoms. The normalized spacial score (nSPS) is 10.4. The number of hydrogen-bond acceptors (Lipinski definition) is 7. The molecule has 1 N–H and O–H groups in total. The average molecular weight is 454 g/mol. The SMILES string of the molecule is C=C(C)C(=O)OCCOc1ccc(C(=O)Nc2ccc(N=Nc3ccc(C#N)cc3)cc2)cc1. The number of benzene rings is 3. The van der Waals surface area contributed by atoms with Crippen LogP contribution in [0, 0.1) is 11.3 Å². The minimum Gasteiger partial charge on any atom is -0.490 e. The molecule has 3 rings (SSSR count). The van der Waals surface area contributed by atoms with E-state index in [9.17, 15) is 9.59 Å². The lowest BCUT2D eigenvalue weighted by Crippen LogP contribution is -2.13. The van der Waals surface area contributed by atoms with Gasteiger partial charge in [-0.15, -0.1) is 0 Å². The van der Waals surface area contributed by atoms with Crippen molar-refractivity contribution in [2.24, 2.45) is 10.2 Å². The van der Waals surface area contributed by atoms with Crippen LogP contribution in [0.25, 0.3) is 0 Å². The van der Waals surface area contributed by atoms with Crippen LogP contribution in [0.5, 0.6) is 5.75 Å². The molecule has 0 aliphatic heterocycles. The number of azo groups is 1. The van der Waals surface area contributed by atoms with Gasteiger partial charge in [0.1, 0.15) is 19.0 Å². The molecule has 3 aromatic carbocycles. The summed E-state index contributed by atoms with van der Waals surface area (Å²) in [7, 11) is 0. The molecule has 3 aromatic rings. The second-order valence-corrected chi connectivity index (χ2v) is 7.15. The summed E-state index contributed by atoms with van der Waals surface area (Å²) in [6.45, 7) is 5.38. The van der Waals surface area contributed by atoms with Crippen LogP contribution in [0.3, 0.4) is 0 Å². The minimum atomic E-state index is -0.460. The second kappa shape index (κ2) is 11.7.